The number of nitrogens with one attached hydrogen (secondary N) is 1. The molecule has 150 valence electrons. The van der Waals surface area contributed by atoms with E-state index >= 15 is 0 Å². The van der Waals surface area contributed by atoms with Gasteiger partial charge in [-0.05, 0) is 38.3 Å². The van der Waals surface area contributed by atoms with Crippen LogP contribution in [0.5, 0.6) is 0 Å². The van der Waals surface area contributed by atoms with Gasteiger partial charge in [0.05, 0.1) is 6.54 Å². The number of carbonyl (C=O) groups is 2. The molecular formula is C19H26N6O2S. The van der Waals surface area contributed by atoms with Crippen LogP contribution in [-0.4, -0.2) is 69.2 Å². The van der Waals surface area contributed by atoms with E-state index < -0.39 is 0 Å². The number of rotatable bonds is 5. The first-order valence-electron chi connectivity index (χ1n) is 9.29. The predicted octanol–water partition coefficient (Wildman–Crippen LogP) is 0.964. The SMILES string of the molecule is Cc1cccc(C(=O)NCc2nn(CC(=O)N3CCN(C)CC3)c(=S)n2C)c1. The van der Waals surface area contributed by atoms with Crippen molar-refractivity contribution in [2.45, 2.75) is 20.0 Å². The van der Waals surface area contributed by atoms with Gasteiger partial charge in [0.15, 0.2) is 10.6 Å². The van der Waals surface area contributed by atoms with Crippen molar-refractivity contribution < 1.29 is 9.59 Å². The van der Waals surface area contributed by atoms with Crippen molar-refractivity contribution in [3.63, 3.8) is 0 Å². The number of aryl methyl sites for hydroxylation is 1. The molecule has 8 nitrogen and oxygen atoms in total. The number of nitrogens with zero attached hydrogens (tertiary/aromatic N) is 5. The molecular weight excluding hydrogens is 376 g/mol. The first-order chi connectivity index (χ1) is 13.3. The van der Waals surface area contributed by atoms with Crippen molar-refractivity contribution in [2.75, 3.05) is 33.2 Å². The molecule has 0 saturated carbocycles. The number of likely N-dealkylation sites (N-methyl/N-ethyl adjacent to an activating group) is 1. The van der Waals surface area contributed by atoms with Crippen molar-refractivity contribution in [3.8, 4) is 0 Å². The number of aromatic nitrogens is 3. The Morgan fingerprint density at radius 2 is 1.89 bits per heavy atom. The van der Waals surface area contributed by atoms with E-state index in [0.29, 0.717) is 16.2 Å². The van der Waals surface area contributed by atoms with Gasteiger partial charge in [-0.15, -0.1) is 0 Å². The van der Waals surface area contributed by atoms with Crippen LogP contribution in [0.2, 0.25) is 0 Å². The molecule has 2 amide bonds. The van der Waals surface area contributed by atoms with E-state index in [4.69, 9.17) is 12.2 Å². The third kappa shape index (κ3) is 4.66. The van der Waals surface area contributed by atoms with Gasteiger partial charge in [0.1, 0.15) is 6.54 Å². The predicted molar refractivity (Wildman–Crippen MR) is 108 cm³/mol. The number of hydrogen-bond acceptors (Lipinski definition) is 5. The highest BCUT2D eigenvalue weighted by atomic mass is 32.1. The van der Waals surface area contributed by atoms with Gasteiger partial charge >= 0.3 is 0 Å². The van der Waals surface area contributed by atoms with Gasteiger partial charge in [-0.25, -0.2) is 4.68 Å². The van der Waals surface area contributed by atoms with Crippen LogP contribution >= 0.6 is 12.2 Å². The summed E-state index contributed by atoms with van der Waals surface area (Å²) in [4.78, 5) is 28.9. The molecule has 1 saturated heterocycles. The second-order valence-electron chi connectivity index (χ2n) is 7.15. The molecule has 1 fully saturated rings. The molecule has 0 spiro atoms. The van der Waals surface area contributed by atoms with Crippen LogP contribution < -0.4 is 5.32 Å². The second-order valence-corrected chi connectivity index (χ2v) is 7.52. The average Bonchev–Trinajstić information content (AvgIpc) is 2.94. The fraction of sp³-hybridized carbons (Fsp3) is 0.474. The minimum Gasteiger partial charge on any atom is -0.345 e. The summed E-state index contributed by atoms with van der Waals surface area (Å²) in [5, 5.41) is 7.31. The maximum Gasteiger partial charge on any atom is 0.251 e. The fourth-order valence-electron chi connectivity index (χ4n) is 3.12. The highest BCUT2D eigenvalue weighted by Gasteiger charge is 2.20. The summed E-state index contributed by atoms with van der Waals surface area (Å²) >= 11 is 5.41. The maximum absolute atomic E-state index is 12.6. The zero-order valence-corrected chi connectivity index (χ0v) is 17.3. The quantitative estimate of drug-likeness (QED) is 0.754. The number of hydrogen-bond donors (Lipinski definition) is 1. The number of benzene rings is 1. The topological polar surface area (TPSA) is 75.4 Å². The smallest absolute Gasteiger partial charge is 0.251 e. The van der Waals surface area contributed by atoms with Crippen LogP contribution in [0, 0.1) is 11.7 Å². The van der Waals surface area contributed by atoms with Crippen molar-refractivity contribution in [2.24, 2.45) is 7.05 Å². The van der Waals surface area contributed by atoms with Crippen LogP contribution in [-0.2, 0) is 24.9 Å². The molecule has 28 heavy (non-hydrogen) atoms. The Hall–Kier alpha value is -2.52. The van der Waals surface area contributed by atoms with Crippen LogP contribution in [0.15, 0.2) is 24.3 Å². The van der Waals surface area contributed by atoms with Crippen molar-refractivity contribution in [1.29, 1.82) is 0 Å². The minimum atomic E-state index is -0.169. The number of carbonyl (C=O) groups excluding carboxylic acids is 2. The highest BCUT2D eigenvalue weighted by molar-refractivity contribution is 7.71. The molecule has 0 radical (unpaired) electrons. The van der Waals surface area contributed by atoms with Gasteiger partial charge < -0.3 is 19.7 Å². The van der Waals surface area contributed by atoms with Gasteiger partial charge in [-0.3, -0.25) is 9.59 Å². The Bertz CT molecular complexity index is 927. The van der Waals surface area contributed by atoms with Gasteiger partial charge in [0.2, 0.25) is 5.91 Å². The van der Waals surface area contributed by atoms with Crippen LogP contribution in [0.1, 0.15) is 21.7 Å². The van der Waals surface area contributed by atoms with E-state index in [-0.39, 0.29) is 24.9 Å². The number of amides is 2. The summed E-state index contributed by atoms with van der Waals surface area (Å²) in [6, 6.07) is 7.40. The Morgan fingerprint density at radius 1 is 1.18 bits per heavy atom. The summed E-state index contributed by atoms with van der Waals surface area (Å²) in [6.45, 7) is 5.47. The molecule has 1 aliphatic rings. The molecule has 2 heterocycles. The fourth-order valence-corrected chi connectivity index (χ4v) is 3.33. The summed E-state index contributed by atoms with van der Waals surface area (Å²) in [5.41, 5.74) is 1.63. The Morgan fingerprint density at radius 3 is 2.57 bits per heavy atom. The van der Waals surface area contributed by atoms with Gasteiger partial charge in [-0.2, -0.15) is 5.10 Å². The van der Waals surface area contributed by atoms with E-state index in [9.17, 15) is 9.59 Å². The minimum absolute atomic E-state index is 0.0117. The molecule has 2 aromatic rings. The highest BCUT2D eigenvalue weighted by Crippen LogP contribution is 2.06. The molecule has 0 aliphatic carbocycles. The maximum atomic E-state index is 12.6. The molecule has 1 aromatic heterocycles. The third-order valence-electron chi connectivity index (χ3n) is 4.96. The normalized spacial score (nSPS) is 14.9. The monoisotopic (exact) mass is 402 g/mol. The van der Waals surface area contributed by atoms with E-state index in [1.165, 1.54) is 4.68 Å². The van der Waals surface area contributed by atoms with Crippen molar-refractivity contribution in [3.05, 3.63) is 46.0 Å². The lowest BCUT2D eigenvalue weighted by molar-refractivity contribution is -0.133. The molecule has 3 rings (SSSR count). The van der Waals surface area contributed by atoms with Crippen molar-refractivity contribution >= 4 is 24.0 Å². The third-order valence-corrected chi connectivity index (χ3v) is 5.44. The van der Waals surface area contributed by atoms with E-state index in [0.717, 1.165) is 31.7 Å². The molecule has 1 aromatic carbocycles. The Kier molecular flexibility index (Phi) is 6.25. The molecule has 1 aliphatic heterocycles. The summed E-state index contributed by atoms with van der Waals surface area (Å²) in [6.07, 6.45) is 0. The molecule has 9 heteroatoms. The first kappa shape index (κ1) is 20.2. The zero-order chi connectivity index (χ0) is 20.3. The summed E-state index contributed by atoms with van der Waals surface area (Å²) in [7, 11) is 3.84. The largest absolute Gasteiger partial charge is 0.345 e. The van der Waals surface area contributed by atoms with Gasteiger partial charge in [-0.1, -0.05) is 17.7 Å². The lowest BCUT2D eigenvalue weighted by Gasteiger charge is -2.32. The molecule has 0 atom stereocenters. The molecule has 0 bridgehead atoms. The zero-order valence-electron chi connectivity index (χ0n) is 16.5. The van der Waals surface area contributed by atoms with Crippen LogP contribution in [0.3, 0.4) is 0 Å². The lowest BCUT2D eigenvalue weighted by Crippen LogP contribution is -2.48. The van der Waals surface area contributed by atoms with Crippen LogP contribution in [0.4, 0.5) is 0 Å². The van der Waals surface area contributed by atoms with Crippen LogP contribution in [0.25, 0.3) is 0 Å². The molecule has 1 N–H and O–H groups in total. The Labute approximate surface area is 169 Å². The lowest BCUT2D eigenvalue weighted by atomic mass is 10.1. The first-order valence-corrected chi connectivity index (χ1v) is 9.70. The second kappa shape index (κ2) is 8.66. The average molecular weight is 403 g/mol. The van der Waals surface area contributed by atoms with Gasteiger partial charge in [0.25, 0.3) is 5.91 Å². The Balaban J connectivity index is 1.63. The van der Waals surface area contributed by atoms with Gasteiger partial charge in [0, 0.05) is 38.8 Å². The number of piperazine rings is 1. The summed E-state index contributed by atoms with van der Waals surface area (Å²) in [5.74, 6) is 0.451. The van der Waals surface area contributed by atoms with Crippen molar-refractivity contribution in [1.82, 2.24) is 29.5 Å². The standard InChI is InChI=1S/C19H26N6O2S/c1-14-5-4-6-15(11-14)18(27)20-12-16-21-25(19(28)23(16)3)13-17(26)24-9-7-22(2)8-10-24/h4-6,11H,7-10,12-13H2,1-3H3,(H,20,27). The summed E-state index contributed by atoms with van der Waals surface area (Å²) < 4.78 is 3.72. The van der Waals surface area contributed by atoms with E-state index in [1.54, 1.807) is 17.7 Å². The van der Waals surface area contributed by atoms with E-state index in [1.807, 2.05) is 37.1 Å². The van der Waals surface area contributed by atoms with E-state index in [2.05, 4.69) is 15.3 Å². The molecule has 0 unspecified atom stereocenters.